The molecule has 1 N–H and O–H groups in total. The minimum absolute atomic E-state index is 0.00630. The van der Waals surface area contributed by atoms with Gasteiger partial charge in [0.05, 0.1) is 4.92 Å². The Balaban J connectivity index is 1.92. The fraction of sp³-hybridized carbons (Fsp3) is 0.353. The molecule has 8 heteroatoms. The number of benzene rings is 1. The zero-order chi connectivity index (χ0) is 17.7. The number of nitrogens with zero attached hydrogens (tertiary/aromatic N) is 4. The molecule has 8 nitrogen and oxygen atoms in total. The number of hydrogen-bond donors (Lipinski definition) is 1. The molecule has 2 heterocycles. The van der Waals surface area contributed by atoms with Gasteiger partial charge in [-0.1, -0.05) is 19.1 Å². The minimum Gasteiger partial charge on any atom is -0.328 e. The Morgan fingerprint density at radius 1 is 1.36 bits per heavy atom. The van der Waals surface area contributed by atoms with E-state index in [9.17, 15) is 14.9 Å². The van der Waals surface area contributed by atoms with Crippen LogP contribution in [0.25, 0.3) is 0 Å². The SMILES string of the molecule is Cc1nc2n(n1)C(c1cccc([N+](=O)[O-])c1)C1=C(CC(C)CC1=O)N2. The van der Waals surface area contributed by atoms with Crippen LogP contribution in [-0.2, 0) is 4.79 Å². The number of non-ortho nitro benzene ring substituents is 1. The lowest BCUT2D eigenvalue weighted by Crippen LogP contribution is -2.33. The van der Waals surface area contributed by atoms with Gasteiger partial charge in [0.25, 0.3) is 5.69 Å². The van der Waals surface area contributed by atoms with Crippen LogP contribution in [0.3, 0.4) is 0 Å². The number of aromatic nitrogens is 3. The van der Waals surface area contributed by atoms with Crippen LogP contribution in [0.5, 0.6) is 0 Å². The molecule has 25 heavy (non-hydrogen) atoms. The Bertz CT molecular complexity index is 930. The summed E-state index contributed by atoms with van der Waals surface area (Å²) in [5.74, 6) is 1.45. The molecular formula is C17H17N5O3. The van der Waals surface area contributed by atoms with Gasteiger partial charge in [-0.3, -0.25) is 14.9 Å². The molecular weight excluding hydrogens is 322 g/mol. The summed E-state index contributed by atoms with van der Waals surface area (Å²) in [5.41, 5.74) is 2.14. The number of rotatable bonds is 2. The summed E-state index contributed by atoms with van der Waals surface area (Å²) in [6, 6.07) is 5.88. The number of ketones is 1. The smallest absolute Gasteiger partial charge is 0.269 e. The van der Waals surface area contributed by atoms with Crippen LogP contribution in [0.2, 0.25) is 0 Å². The van der Waals surface area contributed by atoms with E-state index in [1.54, 1.807) is 23.7 Å². The number of aryl methyl sites for hydroxylation is 1. The highest BCUT2D eigenvalue weighted by Crippen LogP contribution is 2.41. The maximum Gasteiger partial charge on any atom is 0.269 e. The number of fused-ring (bicyclic) bond motifs is 1. The number of Topliss-reactive ketones (excluding diaryl/α,β-unsaturated/α-hetero) is 1. The van der Waals surface area contributed by atoms with Gasteiger partial charge >= 0.3 is 0 Å². The molecule has 128 valence electrons. The number of nitro benzene ring substituents is 1. The van der Waals surface area contributed by atoms with E-state index in [2.05, 4.69) is 15.4 Å². The highest BCUT2D eigenvalue weighted by Gasteiger charge is 2.38. The summed E-state index contributed by atoms with van der Waals surface area (Å²) in [6.45, 7) is 3.82. The Labute approximate surface area is 143 Å². The van der Waals surface area contributed by atoms with Crippen molar-refractivity contribution in [3.63, 3.8) is 0 Å². The molecule has 1 aromatic heterocycles. The Morgan fingerprint density at radius 2 is 2.16 bits per heavy atom. The maximum absolute atomic E-state index is 12.8. The van der Waals surface area contributed by atoms with Crippen molar-refractivity contribution in [2.75, 3.05) is 5.32 Å². The quantitative estimate of drug-likeness (QED) is 0.666. The van der Waals surface area contributed by atoms with Crippen LogP contribution in [0.15, 0.2) is 35.5 Å². The Kier molecular flexibility index (Phi) is 3.41. The molecule has 0 bridgehead atoms. The number of allylic oxidation sites excluding steroid dienone is 2. The van der Waals surface area contributed by atoms with Crippen LogP contribution in [-0.4, -0.2) is 25.5 Å². The lowest BCUT2D eigenvalue weighted by atomic mass is 9.81. The molecule has 1 aliphatic carbocycles. The first-order valence-corrected chi connectivity index (χ1v) is 8.15. The normalized spacial score (nSPS) is 22.2. The Hall–Kier alpha value is -3.03. The maximum atomic E-state index is 12.8. The molecule has 0 fully saturated rings. The van der Waals surface area contributed by atoms with Crippen molar-refractivity contribution in [1.29, 1.82) is 0 Å². The van der Waals surface area contributed by atoms with Gasteiger partial charge in [-0.05, 0) is 24.8 Å². The van der Waals surface area contributed by atoms with Crippen molar-refractivity contribution in [3.05, 3.63) is 57.0 Å². The second-order valence-corrected chi connectivity index (χ2v) is 6.64. The van der Waals surface area contributed by atoms with E-state index < -0.39 is 11.0 Å². The third-order valence-electron chi connectivity index (χ3n) is 4.63. The van der Waals surface area contributed by atoms with Gasteiger partial charge in [0.2, 0.25) is 5.95 Å². The van der Waals surface area contributed by atoms with E-state index in [1.165, 1.54) is 12.1 Å². The van der Waals surface area contributed by atoms with Gasteiger partial charge in [0.15, 0.2) is 5.78 Å². The van der Waals surface area contributed by atoms with Crippen molar-refractivity contribution >= 4 is 17.4 Å². The largest absolute Gasteiger partial charge is 0.328 e. The third kappa shape index (κ3) is 2.50. The molecule has 2 unspecified atom stereocenters. The van der Waals surface area contributed by atoms with Crippen molar-refractivity contribution in [2.45, 2.75) is 32.7 Å². The molecule has 4 rings (SSSR count). The zero-order valence-corrected chi connectivity index (χ0v) is 13.9. The molecule has 0 radical (unpaired) electrons. The topological polar surface area (TPSA) is 103 Å². The first kappa shape index (κ1) is 15.5. The van der Waals surface area contributed by atoms with Crippen molar-refractivity contribution in [2.24, 2.45) is 5.92 Å². The van der Waals surface area contributed by atoms with Gasteiger partial charge in [-0.25, -0.2) is 4.68 Å². The lowest BCUT2D eigenvalue weighted by molar-refractivity contribution is -0.384. The van der Waals surface area contributed by atoms with E-state index in [-0.39, 0.29) is 17.4 Å². The van der Waals surface area contributed by atoms with E-state index >= 15 is 0 Å². The van der Waals surface area contributed by atoms with Gasteiger partial charge in [-0.15, -0.1) is 0 Å². The van der Waals surface area contributed by atoms with Gasteiger partial charge in [0.1, 0.15) is 11.9 Å². The third-order valence-corrected chi connectivity index (χ3v) is 4.63. The predicted octanol–water partition coefficient (Wildman–Crippen LogP) is 2.76. The summed E-state index contributed by atoms with van der Waals surface area (Å²) in [4.78, 5) is 27.9. The molecule has 2 aromatic rings. The number of carbonyl (C=O) groups excluding carboxylic acids is 1. The van der Waals surface area contributed by atoms with Crippen LogP contribution in [0.4, 0.5) is 11.6 Å². The summed E-state index contributed by atoms with van der Waals surface area (Å²) < 4.78 is 1.65. The van der Waals surface area contributed by atoms with E-state index in [1.807, 2.05) is 6.92 Å². The molecule has 2 atom stereocenters. The Morgan fingerprint density at radius 3 is 2.92 bits per heavy atom. The van der Waals surface area contributed by atoms with Gasteiger partial charge in [0, 0.05) is 29.8 Å². The summed E-state index contributed by atoms with van der Waals surface area (Å²) >= 11 is 0. The van der Waals surface area contributed by atoms with Crippen LogP contribution in [0.1, 0.15) is 37.2 Å². The number of hydrogen-bond acceptors (Lipinski definition) is 6. The van der Waals surface area contributed by atoms with E-state index in [0.717, 1.165) is 12.1 Å². The number of anilines is 1. The number of nitrogens with one attached hydrogen (secondary N) is 1. The number of carbonyl (C=O) groups is 1. The average molecular weight is 339 g/mol. The van der Waals surface area contributed by atoms with Crippen LogP contribution < -0.4 is 5.32 Å². The molecule has 1 aliphatic heterocycles. The van der Waals surface area contributed by atoms with E-state index in [4.69, 9.17) is 0 Å². The zero-order valence-electron chi connectivity index (χ0n) is 13.9. The average Bonchev–Trinajstić information content (AvgIpc) is 2.92. The highest BCUT2D eigenvalue weighted by molar-refractivity contribution is 5.99. The summed E-state index contributed by atoms with van der Waals surface area (Å²) in [7, 11) is 0. The molecule has 0 amide bonds. The molecule has 0 saturated heterocycles. The monoisotopic (exact) mass is 339 g/mol. The predicted molar refractivity (Wildman–Crippen MR) is 90.0 cm³/mol. The summed E-state index contributed by atoms with van der Waals surface area (Å²) in [5, 5.41) is 18.8. The molecule has 1 aromatic carbocycles. The molecule has 0 saturated carbocycles. The first-order valence-electron chi connectivity index (χ1n) is 8.15. The molecule has 0 spiro atoms. The fourth-order valence-electron chi connectivity index (χ4n) is 3.63. The fourth-order valence-corrected chi connectivity index (χ4v) is 3.63. The standard InChI is InChI=1S/C17H17N5O3/c1-9-6-13-15(14(23)7-9)16(21-17(19-13)18-10(2)20-21)11-4-3-5-12(8-11)22(24)25/h3-5,8-9,16H,6-7H2,1-2H3,(H,18,19,20). The minimum atomic E-state index is -0.493. The highest BCUT2D eigenvalue weighted by atomic mass is 16.6. The number of nitro groups is 1. The second-order valence-electron chi connectivity index (χ2n) is 6.64. The van der Waals surface area contributed by atoms with Crippen LogP contribution in [0, 0.1) is 23.0 Å². The summed E-state index contributed by atoms with van der Waals surface area (Å²) in [6.07, 6.45) is 1.22. The first-order chi connectivity index (χ1) is 11.9. The van der Waals surface area contributed by atoms with Crippen LogP contribution >= 0.6 is 0 Å². The van der Waals surface area contributed by atoms with Gasteiger partial charge < -0.3 is 5.32 Å². The van der Waals surface area contributed by atoms with Crippen molar-refractivity contribution in [3.8, 4) is 0 Å². The lowest BCUT2D eigenvalue weighted by Gasteiger charge is -2.34. The van der Waals surface area contributed by atoms with E-state index in [0.29, 0.717) is 29.3 Å². The second kappa shape index (κ2) is 5.51. The van der Waals surface area contributed by atoms with Crippen molar-refractivity contribution < 1.29 is 9.72 Å². The van der Waals surface area contributed by atoms with Gasteiger partial charge in [-0.2, -0.15) is 10.1 Å². The van der Waals surface area contributed by atoms with Crippen molar-refractivity contribution in [1.82, 2.24) is 14.8 Å². The molecule has 2 aliphatic rings.